The number of sulfonamides is 1. The second-order valence-electron chi connectivity index (χ2n) is 4.99. The van der Waals surface area contributed by atoms with Gasteiger partial charge in [0.15, 0.2) is 0 Å². The molecule has 1 rings (SSSR count). The minimum Gasteiger partial charge on any atom is -0.489 e. The van der Waals surface area contributed by atoms with Gasteiger partial charge in [-0.15, -0.1) is 0 Å². The Bertz CT molecular complexity index is 529. The number of hydrogen-bond acceptors (Lipinski definition) is 4. The Morgan fingerprint density at radius 1 is 1.25 bits per heavy atom. The van der Waals surface area contributed by atoms with Crippen molar-refractivity contribution in [2.75, 3.05) is 5.73 Å². The molecule has 0 bridgehead atoms. The largest absolute Gasteiger partial charge is 0.489 e. The predicted octanol–water partition coefficient (Wildman–Crippen LogP) is 2.65. The van der Waals surface area contributed by atoms with Crippen LogP contribution in [0, 0.1) is 0 Å². The van der Waals surface area contributed by atoms with Crippen molar-refractivity contribution in [2.24, 2.45) is 5.14 Å². The second kappa shape index (κ2) is 7.50. The van der Waals surface area contributed by atoms with E-state index in [-0.39, 0.29) is 16.7 Å². The van der Waals surface area contributed by atoms with Gasteiger partial charge in [-0.2, -0.15) is 0 Å². The smallest absolute Gasteiger partial charge is 0.240 e. The number of benzene rings is 1. The number of nitrogens with two attached hydrogens (primary N) is 2. The van der Waals surface area contributed by atoms with Gasteiger partial charge in [0.05, 0.1) is 11.8 Å². The molecule has 1 aromatic rings. The van der Waals surface area contributed by atoms with Gasteiger partial charge < -0.3 is 10.5 Å². The van der Waals surface area contributed by atoms with E-state index in [1.807, 2.05) is 6.92 Å². The van der Waals surface area contributed by atoms with Crippen LogP contribution in [0.1, 0.15) is 46.0 Å². The summed E-state index contributed by atoms with van der Waals surface area (Å²) in [6.07, 6.45) is 5.58. The van der Waals surface area contributed by atoms with Crippen molar-refractivity contribution in [1.29, 1.82) is 0 Å². The molecule has 0 amide bonds. The van der Waals surface area contributed by atoms with Crippen LogP contribution < -0.4 is 15.6 Å². The lowest BCUT2D eigenvalue weighted by atomic mass is 10.1. The minimum atomic E-state index is -3.82. The molecule has 114 valence electrons. The molecule has 0 aliphatic carbocycles. The average Bonchev–Trinajstić information content (AvgIpc) is 2.36. The molecule has 0 heterocycles. The molecule has 4 N–H and O–H groups in total. The molecular formula is C14H24N2O3S. The number of unbranched alkanes of at least 4 members (excludes halogenated alkanes) is 3. The number of para-hydroxylation sites is 1. The summed E-state index contributed by atoms with van der Waals surface area (Å²) in [4.78, 5) is -0.0896. The summed E-state index contributed by atoms with van der Waals surface area (Å²) in [6.45, 7) is 4.12. The zero-order valence-electron chi connectivity index (χ0n) is 12.1. The third-order valence-corrected chi connectivity index (χ3v) is 4.09. The van der Waals surface area contributed by atoms with E-state index >= 15 is 0 Å². The minimum absolute atomic E-state index is 0.00937. The van der Waals surface area contributed by atoms with E-state index in [0.717, 1.165) is 12.8 Å². The fourth-order valence-electron chi connectivity index (χ4n) is 2.01. The molecule has 0 fully saturated rings. The van der Waals surface area contributed by atoms with E-state index < -0.39 is 10.0 Å². The Balaban J connectivity index is 2.69. The van der Waals surface area contributed by atoms with Gasteiger partial charge >= 0.3 is 0 Å². The summed E-state index contributed by atoms with van der Waals surface area (Å²) in [7, 11) is -3.82. The van der Waals surface area contributed by atoms with E-state index in [1.165, 1.54) is 25.3 Å². The first-order valence-corrected chi connectivity index (χ1v) is 8.48. The average molecular weight is 300 g/mol. The van der Waals surface area contributed by atoms with Gasteiger partial charge in [0.25, 0.3) is 0 Å². The third-order valence-electron chi connectivity index (χ3n) is 3.12. The van der Waals surface area contributed by atoms with Gasteiger partial charge in [-0.1, -0.05) is 32.3 Å². The SMILES string of the molecule is CCCCCCC(C)Oc1cccc(S(N)(=O)=O)c1N. The molecule has 0 aliphatic rings. The Morgan fingerprint density at radius 2 is 1.95 bits per heavy atom. The van der Waals surface area contributed by atoms with Gasteiger partial charge in [-0.3, -0.25) is 0 Å². The van der Waals surface area contributed by atoms with Crippen molar-refractivity contribution in [3.8, 4) is 5.75 Å². The van der Waals surface area contributed by atoms with Crippen LogP contribution in [-0.4, -0.2) is 14.5 Å². The number of anilines is 1. The first-order valence-electron chi connectivity index (χ1n) is 6.94. The standard InChI is InChI=1S/C14H24N2O3S/c1-3-4-5-6-8-11(2)19-12-9-7-10-13(14(12)15)20(16,17)18/h7,9-11H,3-6,8,15H2,1-2H3,(H2,16,17,18). The van der Waals surface area contributed by atoms with Gasteiger partial charge in [-0.25, -0.2) is 13.6 Å². The molecule has 1 unspecified atom stereocenters. The lowest BCUT2D eigenvalue weighted by Gasteiger charge is -2.17. The first kappa shape index (κ1) is 16.8. The van der Waals surface area contributed by atoms with Crippen molar-refractivity contribution < 1.29 is 13.2 Å². The summed E-state index contributed by atoms with van der Waals surface area (Å²) >= 11 is 0. The number of nitrogen functional groups attached to an aromatic ring is 1. The van der Waals surface area contributed by atoms with Crippen molar-refractivity contribution in [1.82, 2.24) is 0 Å². The highest BCUT2D eigenvalue weighted by atomic mass is 32.2. The van der Waals surface area contributed by atoms with E-state index in [4.69, 9.17) is 15.6 Å². The van der Waals surface area contributed by atoms with Crippen molar-refractivity contribution in [3.63, 3.8) is 0 Å². The van der Waals surface area contributed by atoms with Crippen LogP contribution in [0.5, 0.6) is 5.75 Å². The molecular weight excluding hydrogens is 276 g/mol. The maximum atomic E-state index is 11.4. The van der Waals surface area contributed by atoms with Gasteiger partial charge in [0, 0.05) is 0 Å². The topological polar surface area (TPSA) is 95.4 Å². The number of primary sulfonamides is 1. The predicted molar refractivity (Wildman–Crippen MR) is 81.1 cm³/mol. The summed E-state index contributed by atoms with van der Waals surface area (Å²) in [5, 5.41) is 5.11. The Kier molecular flexibility index (Phi) is 6.29. The van der Waals surface area contributed by atoms with Crippen LogP contribution in [0.4, 0.5) is 5.69 Å². The van der Waals surface area contributed by atoms with Crippen LogP contribution in [0.15, 0.2) is 23.1 Å². The number of rotatable bonds is 8. The fraction of sp³-hybridized carbons (Fsp3) is 0.571. The van der Waals surface area contributed by atoms with E-state index in [9.17, 15) is 8.42 Å². The normalized spacial score (nSPS) is 13.2. The van der Waals surface area contributed by atoms with Crippen LogP contribution in [-0.2, 0) is 10.0 Å². The molecule has 0 aromatic heterocycles. The summed E-state index contributed by atoms with van der Waals surface area (Å²) in [5.41, 5.74) is 5.89. The van der Waals surface area contributed by atoms with Crippen molar-refractivity contribution >= 4 is 15.7 Å². The molecule has 6 heteroatoms. The second-order valence-corrected chi connectivity index (χ2v) is 6.52. The van der Waals surface area contributed by atoms with Crippen LogP contribution >= 0.6 is 0 Å². The molecule has 0 spiro atoms. The van der Waals surface area contributed by atoms with Gasteiger partial charge in [0.1, 0.15) is 10.6 Å². The van der Waals surface area contributed by atoms with Gasteiger partial charge in [0.2, 0.25) is 10.0 Å². The Labute approximate surface area is 121 Å². The molecule has 0 aliphatic heterocycles. The van der Waals surface area contributed by atoms with E-state index in [0.29, 0.717) is 5.75 Å². The monoisotopic (exact) mass is 300 g/mol. The molecule has 0 radical (unpaired) electrons. The molecule has 0 saturated carbocycles. The maximum absolute atomic E-state index is 11.4. The van der Waals surface area contributed by atoms with E-state index in [2.05, 4.69) is 6.92 Å². The zero-order valence-corrected chi connectivity index (χ0v) is 12.9. The highest BCUT2D eigenvalue weighted by Crippen LogP contribution is 2.29. The summed E-state index contributed by atoms with van der Waals surface area (Å²) < 4.78 is 28.5. The number of ether oxygens (including phenoxy) is 1. The third kappa shape index (κ3) is 5.02. The first-order chi connectivity index (χ1) is 9.36. The van der Waals surface area contributed by atoms with E-state index in [1.54, 1.807) is 12.1 Å². The summed E-state index contributed by atoms with van der Waals surface area (Å²) in [5.74, 6) is 0.375. The van der Waals surface area contributed by atoms with Crippen LogP contribution in [0.3, 0.4) is 0 Å². The highest BCUT2D eigenvalue weighted by molar-refractivity contribution is 7.89. The molecule has 0 saturated heterocycles. The lowest BCUT2D eigenvalue weighted by molar-refractivity contribution is 0.207. The molecule has 1 aromatic carbocycles. The lowest BCUT2D eigenvalue weighted by Crippen LogP contribution is -2.17. The quantitative estimate of drug-likeness (QED) is 0.570. The van der Waals surface area contributed by atoms with Crippen molar-refractivity contribution in [3.05, 3.63) is 18.2 Å². The van der Waals surface area contributed by atoms with Crippen LogP contribution in [0.25, 0.3) is 0 Å². The Hall–Kier alpha value is -1.27. The molecule has 20 heavy (non-hydrogen) atoms. The van der Waals surface area contributed by atoms with Crippen LogP contribution in [0.2, 0.25) is 0 Å². The number of hydrogen-bond donors (Lipinski definition) is 2. The van der Waals surface area contributed by atoms with Crippen molar-refractivity contribution in [2.45, 2.75) is 57.0 Å². The summed E-state index contributed by atoms with van der Waals surface area (Å²) in [6, 6.07) is 4.62. The van der Waals surface area contributed by atoms with Gasteiger partial charge in [-0.05, 0) is 31.9 Å². The molecule has 1 atom stereocenters. The Morgan fingerprint density at radius 3 is 2.55 bits per heavy atom. The zero-order chi connectivity index (χ0) is 15.2. The highest BCUT2D eigenvalue weighted by Gasteiger charge is 2.16. The fourth-order valence-corrected chi connectivity index (χ4v) is 2.68. The maximum Gasteiger partial charge on any atom is 0.240 e. The molecule has 5 nitrogen and oxygen atoms in total.